The predicted octanol–water partition coefficient (Wildman–Crippen LogP) is 0.927. The van der Waals surface area contributed by atoms with Crippen LogP contribution >= 0.6 is 0 Å². The van der Waals surface area contributed by atoms with E-state index in [1.807, 2.05) is 25.7 Å². The van der Waals surface area contributed by atoms with Crippen molar-refractivity contribution < 1.29 is 4.79 Å². The molecule has 1 saturated heterocycles. The maximum absolute atomic E-state index is 12.5. The van der Waals surface area contributed by atoms with E-state index in [0.29, 0.717) is 6.04 Å². The molecule has 1 atom stereocenters. The van der Waals surface area contributed by atoms with E-state index < -0.39 is 5.54 Å². The number of likely N-dealkylation sites (N-methyl/N-ethyl adjacent to an activating group) is 2. The van der Waals surface area contributed by atoms with Gasteiger partial charge in [0.2, 0.25) is 5.91 Å². The molecule has 0 aromatic heterocycles. The highest BCUT2D eigenvalue weighted by Gasteiger charge is 2.34. The SMILES string of the molecule is CCNC(C)(C)C(=O)N1CCCN(C)CC1C. The van der Waals surface area contributed by atoms with Crippen molar-refractivity contribution in [3.05, 3.63) is 0 Å². The molecule has 0 spiro atoms. The molecule has 1 aliphatic rings. The first-order valence-electron chi connectivity index (χ1n) is 6.63. The van der Waals surface area contributed by atoms with E-state index in [1.54, 1.807) is 0 Å². The Labute approximate surface area is 105 Å². The molecule has 0 radical (unpaired) electrons. The maximum Gasteiger partial charge on any atom is 0.242 e. The smallest absolute Gasteiger partial charge is 0.242 e. The summed E-state index contributed by atoms with van der Waals surface area (Å²) in [4.78, 5) is 16.9. The van der Waals surface area contributed by atoms with Crippen molar-refractivity contribution in [3.63, 3.8) is 0 Å². The Morgan fingerprint density at radius 2 is 2.06 bits per heavy atom. The summed E-state index contributed by atoms with van der Waals surface area (Å²) in [5, 5.41) is 3.27. The highest BCUT2D eigenvalue weighted by Crippen LogP contribution is 2.15. The number of nitrogens with zero attached hydrogens (tertiary/aromatic N) is 2. The van der Waals surface area contributed by atoms with Crippen LogP contribution in [0.1, 0.15) is 34.1 Å². The first kappa shape index (κ1) is 14.5. The standard InChI is InChI=1S/C13H27N3O/c1-6-14-13(3,4)12(17)16-9-7-8-15(5)10-11(16)2/h11,14H,6-10H2,1-5H3. The summed E-state index contributed by atoms with van der Waals surface area (Å²) in [5.41, 5.74) is -0.452. The van der Waals surface area contributed by atoms with Crippen LogP contribution in [0.5, 0.6) is 0 Å². The Balaban J connectivity index is 2.73. The minimum Gasteiger partial charge on any atom is -0.337 e. The van der Waals surface area contributed by atoms with Gasteiger partial charge in [-0.1, -0.05) is 6.92 Å². The minimum atomic E-state index is -0.452. The topological polar surface area (TPSA) is 35.6 Å². The third-order valence-electron chi connectivity index (χ3n) is 3.46. The maximum atomic E-state index is 12.5. The molecule has 4 heteroatoms. The van der Waals surface area contributed by atoms with Gasteiger partial charge in [0, 0.05) is 19.1 Å². The van der Waals surface area contributed by atoms with E-state index in [-0.39, 0.29) is 5.91 Å². The number of carbonyl (C=O) groups excluding carboxylic acids is 1. The normalized spacial score (nSPS) is 23.6. The summed E-state index contributed by atoms with van der Waals surface area (Å²) in [6.07, 6.45) is 1.06. The summed E-state index contributed by atoms with van der Waals surface area (Å²) in [6, 6.07) is 0.299. The van der Waals surface area contributed by atoms with Gasteiger partial charge in [-0.3, -0.25) is 4.79 Å². The molecule has 1 fully saturated rings. The first-order chi connectivity index (χ1) is 7.88. The Hall–Kier alpha value is -0.610. The molecule has 0 saturated carbocycles. The molecule has 1 rings (SSSR count). The van der Waals surface area contributed by atoms with Crippen molar-refractivity contribution in [2.24, 2.45) is 0 Å². The number of carbonyl (C=O) groups is 1. The Bertz CT molecular complexity index is 265. The van der Waals surface area contributed by atoms with Gasteiger partial charge in [0.25, 0.3) is 0 Å². The lowest BCUT2D eigenvalue weighted by Gasteiger charge is -2.35. The molecule has 100 valence electrons. The van der Waals surface area contributed by atoms with Gasteiger partial charge in [0.05, 0.1) is 5.54 Å². The fraction of sp³-hybridized carbons (Fsp3) is 0.923. The van der Waals surface area contributed by atoms with E-state index in [0.717, 1.165) is 32.6 Å². The lowest BCUT2D eigenvalue weighted by molar-refractivity contribution is -0.139. The fourth-order valence-electron chi connectivity index (χ4n) is 2.55. The van der Waals surface area contributed by atoms with Crippen LogP contribution < -0.4 is 5.32 Å². The second-order valence-corrected chi connectivity index (χ2v) is 5.62. The molecule has 0 aromatic carbocycles. The number of nitrogens with one attached hydrogen (secondary N) is 1. The average Bonchev–Trinajstić information content (AvgIpc) is 2.38. The minimum absolute atomic E-state index is 0.224. The zero-order valence-electron chi connectivity index (χ0n) is 11.9. The highest BCUT2D eigenvalue weighted by molar-refractivity contribution is 5.85. The molecule has 17 heavy (non-hydrogen) atoms. The van der Waals surface area contributed by atoms with Crippen LogP contribution in [-0.4, -0.2) is 60.5 Å². The molecule has 0 aromatic rings. The van der Waals surface area contributed by atoms with Gasteiger partial charge in [-0.05, 0) is 47.3 Å². The van der Waals surface area contributed by atoms with Crippen LogP contribution in [0.2, 0.25) is 0 Å². The number of hydrogen-bond donors (Lipinski definition) is 1. The van der Waals surface area contributed by atoms with Crippen LogP contribution in [-0.2, 0) is 4.79 Å². The van der Waals surface area contributed by atoms with Crippen molar-refractivity contribution in [1.29, 1.82) is 0 Å². The van der Waals surface area contributed by atoms with Crippen LogP contribution in [0.15, 0.2) is 0 Å². The second kappa shape index (κ2) is 5.83. The monoisotopic (exact) mass is 241 g/mol. The molecule has 1 heterocycles. The fourth-order valence-corrected chi connectivity index (χ4v) is 2.55. The molecular formula is C13H27N3O. The molecular weight excluding hydrogens is 214 g/mol. The van der Waals surface area contributed by atoms with Gasteiger partial charge in [-0.2, -0.15) is 0 Å². The van der Waals surface area contributed by atoms with Crippen molar-refractivity contribution in [1.82, 2.24) is 15.1 Å². The molecule has 1 unspecified atom stereocenters. The number of rotatable bonds is 3. The third-order valence-corrected chi connectivity index (χ3v) is 3.46. The van der Waals surface area contributed by atoms with Crippen molar-refractivity contribution in [2.45, 2.75) is 45.7 Å². The van der Waals surface area contributed by atoms with Crippen molar-refractivity contribution in [2.75, 3.05) is 33.2 Å². The van der Waals surface area contributed by atoms with Crippen LogP contribution in [0.3, 0.4) is 0 Å². The van der Waals surface area contributed by atoms with E-state index >= 15 is 0 Å². The van der Waals surface area contributed by atoms with E-state index in [9.17, 15) is 4.79 Å². The summed E-state index contributed by atoms with van der Waals surface area (Å²) in [5.74, 6) is 0.224. The van der Waals surface area contributed by atoms with Crippen LogP contribution in [0.4, 0.5) is 0 Å². The summed E-state index contributed by atoms with van der Waals surface area (Å²) in [7, 11) is 2.12. The van der Waals surface area contributed by atoms with E-state index in [1.165, 1.54) is 0 Å². The molecule has 1 N–H and O–H groups in total. The number of hydrogen-bond acceptors (Lipinski definition) is 3. The molecule has 0 aliphatic carbocycles. The Morgan fingerprint density at radius 3 is 2.65 bits per heavy atom. The lowest BCUT2D eigenvalue weighted by Crippen LogP contribution is -2.56. The van der Waals surface area contributed by atoms with Crippen molar-refractivity contribution >= 4 is 5.91 Å². The molecule has 4 nitrogen and oxygen atoms in total. The number of amides is 1. The zero-order chi connectivity index (χ0) is 13.1. The Morgan fingerprint density at radius 1 is 1.41 bits per heavy atom. The van der Waals surface area contributed by atoms with Gasteiger partial charge in [0.15, 0.2) is 0 Å². The summed E-state index contributed by atoms with van der Waals surface area (Å²) >= 11 is 0. The van der Waals surface area contributed by atoms with E-state index in [4.69, 9.17) is 0 Å². The average molecular weight is 241 g/mol. The quantitative estimate of drug-likeness (QED) is 0.798. The van der Waals surface area contributed by atoms with Gasteiger partial charge < -0.3 is 15.1 Å². The second-order valence-electron chi connectivity index (χ2n) is 5.62. The third kappa shape index (κ3) is 3.68. The molecule has 1 aliphatic heterocycles. The van der Waals surface area contributed by atoms with Gasteiger partial charge in [-0.25, -0.2) is 0 Å². The van der Waals surface area contributed by atoms with Gasteiger partial charge in [-0.15, -0.1) is 0 Å². The Kier molecular flexibility index (Phi) is 4.95. The predicted molar refractivity (Wildman–Crippen MR) is 71.0 cm³/mol. The molecule has 1 amide bonds. The van der Waals surface area contributed by atoms with Crippen LogP contribution in [0, 0.1) is 0 Å². The zero-order valence-corrected chi connectivity index (χ0v) is 11.9. The van der Waals surface area contributed by atoms with Gasteiger partial charge >= 0.3 is 0 Å². The highest BCUT2D eigenvalue weighted by atomic mass is 16.2. The van der Waals surface area contributed by atoms with Crippen LogP contribution in [0.25, 0.3) is 0 Å². The largest absolute Gasteiger partial charge is 0.337 e. The molecule has 0 bridgehead atoms. The summed E-state index contributed by atoms with van der Waals surface area (Å²) < 4.78 is 0. The van der Waals surface area contributed by atoms with Gasteiger partial charge in [0.1, 0.15) is 0 Å². The first-order valence-corrected chi connectivity index (χ1v) is 6.63. The summed E-state index contributed by atoms with van der Waals surface area (Å²) in [6.45, 7) is 11.9. The van der Waals surface area contributed by atoms with E-state index in [2.05, 4.69) is 24.2 Å². The van der Waals surface area contributed by atoms with Crippen molar-refractivity contribution in [3.8, 4) is 0 Å². The lowest BCUT2D eigenvalue weighted by atomic mass is 10.0.